The number of aliphatic hydroxyl groups is 1. The molecule has 1 fully saturated rings. The molecule has 3 nitrogen and oxygen atoms in total. The molecule has 0 spiro atoms. The van der Waals surface area contributed by atoms with Crippen LogP contribution in [-0.4, -0.2) is 11.9 Å². The van der Waals surface area contributed by atoms with Crippen molar-refractivity contribution in [3.8, 4) is 11.5 Å². The van der Waals surface area contributed by atoms with Gasteiger partial charge in [-0.1, -0.05) is 44.2 Å². The summed E-state index contributed by atoms with van der Waals surface area (Å²) in [5.41, 5.74) is 0.851. The Bertz CT molecular complexity index is 489. The number of aliphatic hydroxyl groups excluding tert-OH is 1. The zero-order valence-corrected chi connectivity index (χ0v) is 12.5. The molecule has 1 saturated carbocycles. The molecule has 0 radical (unpaired) electrons. The molecule has 1 aromatic rings. The Morgan fingerprint density at radius 3 is 2.90 bits per heavy atom. The van der Waals surface area contributed by atoms with E-state index in [1.807, 2.05) is 12.1 Å². The minimum absolute atomic E-state index is 0.204. The minimum atomic E-state index is -0.466. The van der Waals surface area contributed by atoms with Gasteiger partial charge in [-0.05, 0) is 36.0 Å². The second kappa shape index (κ2) is 5.82. The van der Waals surface area contributed by atoms with E-state index in [9.17, 15) is 5.11 Å². The van der Waals surface area contributed by atoms with Crippen LogP contribution in [0.5, 0.6) is 11.5 Å². The van der Waals surface area contributed by atoms with Crippen molar-refractivity contribution in [2.24, 2.45) is 11.8 Å². The molecular weight excluding hydrogens is 276 g/mol. The maximum absolute atomic E-state index is 10.7. The Morgan fingerprint density at radius 2 is 2.10 bits per heavy atom. The van der Waals surface area contributed by atoms with E-state index in [4.69, 9.17) is 21.1 Å². The van der Waals surface area contributed by atoms with Crippen LogP contribution in [0.4, 0.5) is 0 Å². The first-order chi connectivity index (χ1) is 9.70. The summed E-state index contributed by atoms with van der Waals surface area (Å²) in [4.78, 5) is 0. The maximum Gasteiger partial charge on any atom is 0.231 e. The van der Waals surface area contributed by atoms with E-state index in [-0.39, 0.29) is 6.79 Å². The third-order valence-electron chi connectivity index (χ3n) is 4.69. The molecule has 1 heterocycles. The van der Waals surface area contributed by atoms with Crippen LogP contribution in [0.3, 0.4) is 0 Å². The normalized spacial score (nSPS) is 26.6. The summed E-state index contributed by atoms with van der Waals surface area (Å²) in [6.45, 7) is 2.41. The highest BCUT2D eigenvalue weighted by Crippen LogP contribution is 2.45. The average molecular weight is 297 g/mol. The van der Waals surface area contributed by atoms with Crippen molar-refractivity contribution in [1.82, 2.24) is 0 Å². The molecule has 1 aliphatic carbocycles. The minimum Gasteiger partial charge on any atom is -0.454 e. The van der Waals surface area contributed by atoms with Gasteiger partial charge in [0.2, 0.25) is 6.79 Å². The van der Waals surface area contributed by atoms with Crippen LogP contribution in [0, 0.1) is 11.8 Å². The van der Waals surface area contributed by atoms with Gasteiger partial charge >= 0.3 is 0 Å². The van der Waals surface area contributed by atoms with E-state index in [0.29, 0.717) is 28.4 Å². The van der Waals surface area contributed by atoms with E-state index < -0.39 is 6.10 Å². The van der Waals surface area contributed by atoms with Crippen LogP contribution < -0.4 is 9.47 Å². The summed E-state index contributed by atoms with van der Waals surface area (Å²) < 4.78 is 10.7. The lowest BCUT2D eigenvalue weighted by Crippen LogP contribution is -2.25. The molecule has 3 unspecified atom stereocenters. The second-order valence-corrected chi connectivity index (χ2v) is 6.21. The molecule has 110 valence electrons. The standard InChI is InChI=1S/C16H21ClO3/c1-2-10-5-3-4-6-12(10)15(18)11-7-13(17)16-14(8-11)19-9-20-16/h7-8,10,12,15,18H,2-6,9H2,1H3. The lowest BCUT2D eigenvalue weighted by Gasteiger charge is -2.34. The molecule has 2 aliphatic rings. The molecule has 3 atom stereocenters. The first kappa shape index (κ1) is 14.0. The van der Waals surface area contributed by atoms with Crippen LogP contribution in [0.25, 0.3) is 0 Å². The van der Waals surface area contributed by atoms with E-state index in [0.717, 1.165) is 18.4 Å². The van der Waals surface area contributed by atoms with Crippen LogP contribution in [0.2, 0.25) is 5.02 Å². The molecule has 3 rings (SSSR count). The van der Waals surface area contributed by atoms with Crippen molar-refractivity contribution in [2.75, 3.05) is 6.79 Å². The van der Waals surface area contributed by atoms with E-state index in [1.165, 1.54) is 19.3 Å². The second-order valence-electron chi connectivity index (χ2n) is 5.80. The summed E-state index contributed by atoms with van der Waals surface area (Å²) in [5, 5.41) is 11.3. The molecule has 4 heteroatoms. The van der Waals surface area contributed by atoms with Gasteiger partial charge in [0, 0.05) is 0 Å². The van der Waals surface area contributed by atoms with Gasteiger partial charge in [-0.25, -0.2) is 0 Å². The Balaban J connectivity index is 1.86. The first-order valence-corrected chi connectivity index (χ1v) is 7.85. The monoisotopic (exact) mass is 296 g/mol. The largest absolute Gasteiger partial charge is 0.454 e. The summed E-state index contributed by atoms with van der Waals surface area (Å²) in [5.74, 6) is 2.17. The van der Waals surface area contributed by atoms with Gasteiger partial charge in [-0.3, -0.25) is 0 Å². The SMILES string of the molecule is CCC1CCCCC1C(O)c1cc(Cl)c2c(c1)OCO2. The van der Waals surface area contributed by atoms with Crippen molar-refractivity contribution >= 4 is 11.6 Å². The molecule has 0 saturated heterocycles. The fourth-order valence-electron chi connectivity index (χ4n) is 3.56. The first-order valence-electron chi connectivity index (χ1n) is 7.47. The van der Waals surface area contributed by atoms with Gasteiger partial charge in [-0.2, -0.15) is 0 Å². The number of benzene rings is 1. The van der Waals surface area contributed by atoms with Gasteiger partial charge in [0.15, 0.2) is 11.5 Å². The highest BCUT2D eigenvalue weighted by molar-refractivity contribution is 6.32. The smallest absolute Gasteiger partial charge is 0.231 e. The number of fused-ring (bicyclic) bond motifs is 1. The maximum atomic E-state index is 10.7. The zero-order chi connectivity index (χ0) is 14.1. The van der Waals surface area contributed by atoms with Crippen molar-refractivity contribution in [1.29, 1.82) is 0 Å². The van der Waals surface area contributed by atoms with Crippen LogP contribution in [0.1, 0.15) is 50.7 Å². The third-order valence-corrected chi connectivity index (χ3v) is 4.97. The molecular formula is C16H21ClO3. The number of hydrogen-bond acceptors (Lipinski definition) is 3. The molecule has 0 bridgehead atoms. The van der Waals surface area contributed by atoms with Crippen molar-refractivity contribution < 1.29 is 14.6 Å². The highest BCUT2D eigenvalue weighted by Gasteiger charge is 2.32. The summed E-state index contributed by atoms with van der Waals surface area (Å²) in [7, 11) is 0. The number of halogens is 1. The molecule has 1 aromatic carbocycles. The van der Waals surface area contributed by atoms with Gasteiger partial charge < -0.3 is 14.6 Å². The Morgan fingerprint density at radius 1 is 1.30 bits per heavy atom. The fraction of sp³-hybridized carbons (Fsp3) is 0.625. The average Bonchev–Trinajstić information content (AvgIpc) is 2.95. The lowest BCUT2D eigenvalue weighted by atomic mass is 9.73. The Labute approximate surface area is 124 Å². The predicted octanol–water partition coefficient (Wildman–Crippen LogP) is 4.32. The molecule has 1 aliphatic heterocycles. The van der Waals surface area contributed by atoms with Gasteiger partial charge in [0.05, 0.1) is 11.1 Å². The van der Waals surface area contributed by atoms with Crippen molar-refractivity contribution in [2.45, 2.75) is 45.1 Å². The molecule has 0 amide bonds. The van der Waals surface area contributed by atoms with E-state index in [1.54, 1.807) is 0 Å². The number of hydrogen-bond donors (Lipinski definition) is 1. The summed E-state index contributed by atoms with van der Waals surface area (Å²) in [6.07, 6.45) is 5.45. The quantitative estimate of drug-likeness (QED) is 0.903. The number of rotatable bonds is 3. The topological polar surface area (TPSA) is 38.7 Å². The molecule has 0 aromatic heterocycles. The summed E-state index contributed by atoms with van der Waals surface area (Å²) >= 11 is 6.21. The predicted molar refractivity (Wildman–Crippen MR) is 78.3 cm³/mol. The third kappa shape index (κ3) is 2.49. The Hall–Kier alpha value is -0.930. The fourth-order valence-corrected chi connectivity index (χ4v) is 3.84. The molecule has 20 heavy (non-hydrogen) atoms. The van der Waals surface area contributed by atoms with Gasteiger partial charge in [0.1, 0.15) is 0 Å². The van der Waals surface area contributed by atoms with Gasteiger partial charge in [-0.15, -0.1) is 0 Å². The summed E-state index contributed by atoms with van der Waals surface area (Å²) in [6, 6.07) is 3.70. The van der Waals surface area contributed by atoms with Crippen molar-refractivity contribution in [3.05, 3.63) is 22.7 Å². The van der Waals surface area contributed by atoms with Crippen molar-refractivity contribution in [3.63, 3.8) is 0 Å². The molecule has 1 N–H and O–H groups in total. The number of ether oxygens (including phenoxy) is 2. The van der Waals surface area contributed by atoms with Crippen LogP contribution >= 0.6 is 11.6 Å². The lowest BCUT2D eigenvalue weighted by molar-refractivity contribution is 0.0451. The Kier molecular flexibility index (Phi) is 4.08. The van der Waals surface area contributed by atoms with Crippen LogP contribution in [-0.2, 0) is 0 Å². The zero-order valence-electron chi connectivity index (χ0n) is 11.8. The van der Waals surface area contributed by atoms with Gasteiger partial charge in [0.25, 0.3) is 0 Å². The van der Waals surface area contributed by atoms with Crippen LogP contribution in [0.15, 0.2) is 12.1 Å². The highest BCUT2D eigenvalue weighted by atomic mass is 35.5. The van der Waals surface area contributed by atoms with E-state index in [2.05, 4.69) is 6.92 Å². The van der Waals surface area contributed by atoms with E-state index >= 15 is 0 Å².